The Morgan fingerprint density at radius 2 is 2.33 bits per heavy atom. The van der Waals surface area contributed by atoms with Gasteiger partial charge in [-0.05, 0) is 6.92 Å². The average molecular weight is 104 g/mol. The highest BCUT2D eigenvalue weighted by molar-refractivity contribution is 6.25. The highest BCUT2D eigenvalue weighted by Crippen LogP contribution is 1.75. The summed E-state index contributed by atoms with van der Waals surface area (Å²) < 4.78 is 0. The van der Waals surface area contributed by atoms with Crippen molar-refractivity contribution in [2.24, 2.45) is 4.99 Å². The van der Waals surface area contributed by atoms with Crippen LogP contribution in [0.2, 0.25) is 0 Å². The Balaban J connectivity index is 3.07. The Labute approximate surface area is 42.3 Å². The molecule has 0 fully saturated rings. The number of rotatable bonds is 1. The quantitative estimate of drug-likeness (QED) is 0.449. The van der Waals surface area contributed by atoms with E-state index in [1.165, 1.54) is 11.7 Å². The summed E-state index contributed by atoms with van der Waals surface area (Å²) in [4.78, 5) is 3.65. The van der Waals surface area contributed by atoms with Crippen LogP contribution in [-0.4, -0.2) is 6.21 Å². The molecule has 0 heterocycles. The van der Waals surface area contributed by atoms with Crippen LogP contribution in [0.5, 0.6) is 0 Å². The minimum Gasteiger partial charge on any atom is -0.268 e. The predicted octanol–water partition coefficient (Wildman–Crippen LogP) is 1.79. The first-order chi connectivity index (χ1) is 2.91. The van der Waals surface area contributed by atoms with Crippen LogP contribution < -0.4 is 0 Å². The van der Waals surface area contributed by atoms with Crippen LogP contribution in [0.3, 0.4) is 0 Å². The fourth-order valence-corrected chi connectivity index (χ4v) is 0.184. The summed E-state index contributed by atoms with van der Waals surface area (Å²) in [6, 6.07) is 0. The second kappa shape index (κ2) is 4.70. The summed E-state index contributed by atoms with van der Waals surface area (Å²) >= 11 is 5.09. The summed E-state index contributed by atoms with van der Waals surface area (Å²) in [5.74, 6) is 0. The molecule has 0 amide bonds. The zero-order valence-corrected chi connectivity index (χ0v) is 4.31. The summed E-state index contributed by atoms with van der Waals surface area (Å²) in [6.45, 7) is 1.83. The second-order valence-electron chi connectivity index (χ2n) is 0.682. The second-order valence-corrected chi connectivity index (χ2v) is 0.934. The van der Waals surface area contributed by atoms with Gasteiger partial charge in [-0.25, -0.2) is 0 Å². The molecule has 0 N–H and O–H groups in total. The maximum absolute atomic E-state index is 5.09. The third-order valence-electron chi connectivity index (χ3n) is 0.291. The monoisotopic (exact) mass is 103 g/mol. The lowest BCUT2D eigenvalue weighted by Crippen LogP contribution is -1.48. The molecule has 0 spiro atoms. The van der Waals surface area contributed by atoms with Gasteiger partial charge < -0.3 is 0 Å². The Hall–Kier alpha value is -0.300. The highest BCUT2D eigenvalue weighted by atomic mass is 35.5. The standard InChI is InChI=1S/C4H6ClN/c1-2-6-4-3-5/h2-4H,1H3. The molecule has 0 aromatic carbocycles. The smallest absolute Gasteiger partial charge is 0.0376 e. The maximum Gasteiger partial charge on any atom is 0.0376 e. The molecular weight excluding hydrogens is 97.5 g/mol. The topological polar surface area (TPSA) is 12.4 Å². The van der Waals surface area contributed by atoms with Crippen molar-refractivity contribution in [3.05, 3.63) is 11.7 Å². The zero-order valence-electron chi connectivity index (χ0n) is 3.56. The van der Waals surface area contributed by atoms with Gasteiger partial charge in [0, 0.05) is 17.9 Å². The third-order valence-corrected chi connectivity index (χ3v) is 0.404. The van der Waals surface area contributed by atoms with E-state index in [0.717, 1.165) is 0 Å². The van der Waals surface area contributed by atoms with Gasteiger partial charge in [-0.2, -0.15) is 0 Å². The molecule has 0 aliphatic rings. The van der Waals surface area contributed by atoms with Gasteiger partial charge in [-0.3, -0.25) is 4.99 Å². The lowest BCUT2D eigenvalue weighted by atomic mass is 10.9. The summed E-state index contributed by atoms with van der Waals surface area (Å²) in [5, 5.41) is 0. The van der Waals surface area contributed by atoms with Crippen LogP contribution in [0.25, 0.3) is 0 Å². The van der Waals surface area contributed by atoms with E-state index >= 15 is 0 Å². The Morgan fingerprint density at radius 3 is 2.50 bits per heavy atom. The van der Waals surface area contributed by atoms with E-state index in [4.69, 9.17) is 11.6 Å². The normalized spacial score (nSPS) is 11.7. The number of hydrogen-bond acceptors (Lipinski definition) is 1. The molecule has 0 rings (SSSR count). The van der Waals surface area contributed by atoms with Crippen LogP contribution in [0.1, 0.15) is 6.92 Å². The number of nitrogens with zero attached hydrogens (tertiary/aromatic N) is 1. The lowest BCUT2D eigenvalue weighted by Gasteiger charge is -1.63. The van der Waals surface area contributed by atoms with E-state index in [1.807, 2.05) is 6.92 Å². The van der Waals surface area contributed by atoms with Gasteiger partial charge in [0.25, 0.3) is 0 Å². The Bertz CT molecular complexity index is 55.9. The number of aliphatic imine (C=N–C) groups is 1. The first-order valence-corrected chi connectivity index (χ1v) is 2.08. The SMILES string of the molecule is CC=NC=CCl. The summed E-state index contributed by atoms with van der Waals surface area (Å²) in [5.41, 5.74) is 1.36. The first kappa shape index (κ1) is 5.70. The molecule has 34 valence electrons. The molecule has 2 heteroatoms. The first-order valence-electron chi connectivity index (χ1n) is 1.65. The molecule has 0 aliphatic carbocycles. The van der Waals surface area contributed by atoms with Crippen molar-refractivity contribution in [3.8, 4) is 0 Å². The Kier molecular flexibility index (Phi) is 4.47. The molecular formula is C4H6ClN. The van der Waals surface area contributed by atoms with E-state index in [9.17, 15) is 0 Å². The van der Waals surface area contributed by atoms with Gasteiger partial charge in [0.1, 0.15) is 0 Å². The van der Waals surface area contributed by atoms with E-state index in [2.05, 4.69) is 4.99 Å². The Morgan fingerprint density at radius 1 is 1.67 bits per heavy atom. The minimum absolute atomic E-state index is 1.36. The molecule has 0 aliphatic heterocycles. The van der Waals surface area contributed by atoms with Crippen molar-refractivity contribution in [2.75, 3.05) is 0 Å². The van der Waals surface area contributed by atoms with Gasteiger partial charge in [-0.15, -0.1) is 0 Å². The van der Waals surface area contributed by atoms with Crippen molar-refractivity contribution in [3.63, 3.8) is 0 Å². The van der Waals surface area contributed by atoms with Crippen LogP contribution in [0.15, 0.2) is 16.7 Å². The van der Waals surface area contributed by atoms with Crippen molar-refractivity contribution < 1.29 is 0 Å². The van der Waals surface area contributed by atoms with E-state index in [0.29, 0.717) is 0 Å². The summed E-state index contributed by atoms with van der Waals surface area (Å²) in [7, 11) is 0. The number of halogens is 1. The van der Waals surface area contributed by atoms with Gasteiger partial charge in [0.15, 0.2) is 0 Å². The molecule has 6 heavy (non-hydrogen) atoms. The van der Waals surface area contributed by atoms with Crippen LogP contribution in [0.4, 0.5) is 0 Å². The van der Waals surface area contributed by atoms with Gasteiger partial charge in [-0.1, -0.05) is 11.6 Å². The molecule has 0 unspecified atom stereocenters. The number of hydrogen-bond donors (Lipinski definition) is 0. The zero-order chi connectivity index (χ0) is 4.83. The van der Waals surface area contributed by atoms with Gasteiger partial charge in [0.05, 0.1) is 0 Å². The fourth-order valence-electron chi connectivity index (χ4n) is 0.119. The predicted molar refractivity (Wildman–Crippen MR) is 29.2 cm³/mol. The molecule has 0 radical (unpaired) electrons. The van der Waals surface area contributed by atoms with Crippen molar-refractivity contribution in [1.82, 2.24) is 0 Å². The van der Waals surface area contributed by atoms with Crippen LogP contribution >= 0.6 is 11.6 Å². The molecule has 0 atom stereocenters. The van der Waals surface area contributed by atoms with Gasteiger partial charge in [0.2, 0.25) is 0 Å². The van der Waals surface area contributed by atoms with E-state index in [-0.39, 0.29) is 0 Å². The molecule has 0 saturated carbocycles. The molecule has 1 nitrogen and oxygen atoms in total. The highest BCUT2D eigenvalue weighted by Gasteiger charge is 1.50. The fraction of sp³-hybridized carbons (Fsp3) is 0.250. The van der Waals surface area contributed by atoms with Crippen LogP contribution in [-0.2, 0) is 0 Å². The minimum atomic E-state index is 1.36. The maximum atomic E-state index is 5.09. The van der Waals surface area contributed by atoms with Crippen molar-refractivity contribution in [2.45, 2.75) is 6.92 Å². The molecule has 0 aromatic heterocycles. The van der Waals surface area contributed by atoms with Crippen molar-refractivity contribution in [1.29, 1.82) is 0 Å². The van der Waals surface area contributed by atoms with Crippen molar-refractivity contribution >= 4 is 17.8 Å². The molecule has 0 bridgehead atoms. The lowest BCUT2D eigenvalue weighted by molar-refractivity contribution is 1.60. The summed E-state index contributed by atoms with van der Waals surface area (Å²) in [6.07, 6.45) is 3.18. The van der Waals surface area contributed by atoms with Gasteiger partial charge >= 0.3 is 0 Å². The largest absolute Gasteiger partial charge is 0.268 e. The van der Waals surface area contributed by atoms with Crippen LogP contribution in [0, 0.1) is 0 Å². The molecule has 0 saturated heterocycles. The average Bonchev–Trinajstić information content (AvgIpc) is 1.61. The third kappa shape index (κ3) is 3.70. The molecule has 0 aromatic rings. The van der Waals surface area contributed by atoms with E-state index in [1.54, 1.807) is 6.21 Å². The van der Waals surface area contributed by atoms with E-state index < -0.39 is 0 Å².